The molecule has 0 amide bonds. The highest BCUT2D eigenvalue weighted by Gasteiger charge is 2.45. The summed E-state index contributed by atoms with van der Waals surface area (Å²) in [6, 6.07) is 10.6. The van der Waals surface area contributed by atoms with Gasteiger partial charge in [0.2, 0.25) is 0 Å². The smallest absolute Gasteiger partial charge is 0.406 e. The number of pyridine rings is 1. The van der Waals surface area contributed by atoms with Crippen LogP contribution in [0.2, 0.25) is 0 Å². The minimum Gasteiger partial charge on any atom is -0.406 e. The van der Waals surface area contributed by atoms with Crippen LogP contribution in [0.5, 0.6) is 5.75 Å². The molecule has 2 unspecified atom stereocenters. The number of aliphatic hydroxyl groups is 1. The van der Waals surface area contributed by atoms with Gasteiger partial charge in [-0.1, -0.05) is 18.2 Å². The van der Waals surface area contributed by atoms with Crippen LogP contribution < -0.4 is 4.74 Å². The number of benzene rings is 1. The SMILES string of the molecule is OC(c1ccccn1)C1(c2ccc(OC(F)(F)F)cc2)CCCO1. The van der Waals surface area contributed by atoms with Crippen LogP contribution in [0.1, 0.15) is 30.2 Å². The summed E-state index contributed by atoms with van der Waals surface area (Å²) in [5.74, 6) is -0.313. The number of rotatable bonds is 4. The number of aliphatic hydroxyl groups excluding tert-OH is 1. The van der Waals surface area contributed by atoms with Gasteiger partial charge in [0.15, 0.2) is 0 Å². The van der Waals surface area contributed by atoms with Crippen LogP contribution >= 0.6 is 0 Å². The summed E-state index contributed by atoms with van der Waals surface area (Å²) in [6.45, 7) is 0.463. The van der Waals surface area contributed by atoms with Gasteiger partial charge in [0.25, 0.3) is 0 Å². The summed E-state index contributed by atoms with van der Waals surface area (Å²) in [5.41, 5.74) is 0.0215. The van der Waals surface area contributed by atoms with Crippen molar-refractivity contribution in [1.29, 1.82) is 0 Å². The van der Waals surface area contributed by atoms with Gasteiger partial charge in [0, 0.05) is 12.8 Å². The minimum absolute atomic E-state index is 0.313. The van der Waals surface area contributed by atoms with Gasteiger partial charge in [0.05, 0.1) is 5.69 Å². The summed E-state index contributed by atoms with van der Waals surface area (Å²) < 4.78 is 46.5. The third-order valence-electron chi connectivity index (χ3n) is 4.04. The molecule has 2 heterocycles. The minimum atomic E-state index is -4.74. The largest absolute Gasteiger partial charge is 0.573 e. The zero-order valence-corrected chi connectivity index (χ0v) is 12.7. The normalized spacial score (nSPS) is 22.3. The molecule has 4 nitrogen and oxygen atoms in total. The van der Waals surface area contributed by atoms with Crippen LogP contribution in [0, 0.1) is 0 Å². The molecular weight excluding hydrogens is 323 g/mol. The fraction of sp³-hybridized carbons (Fsp3) is 0.353. The molecule has 1 aliphatic rings. The molecule has 1 aliphatic heterocycles. The molecule has 0 radical (unpaired) electrons. The molecule has 1 aromatic carbocycles. The first-order valence-corrected chi connectivity index (χ1v) is 7.50. The summed E-state index contributed by atoms with van der Waals surface area (Å²) >= 11 is 0. The van der Waals surface area contributed by atoms with Gasteiger partial charge in [-0.05, 0) is 42.7 Å². The number of ether oxygens (including phenoxy) is 2. The molecular formula is C17H16F3NO3. The Morgan fingerprint density at radius 1 is 1.17 bits per heavy atom. The van der Waals surface area contributed by atoms with Crippen molar-refractivity contribution < 1.29 is 27.8 Å². The van der Waals surface area contributed by atoms with E-state index in [1.807, 2.05) is 0 Å². The molecule has 7 heteroatoms. The Balaban J connectivity index is 1.91. The van der Waals surface area contributed by atoms with Gasteiger partial charge in [-0.25, -0.2) is 0 Å². The maximum atomic E-state index is 12.3. The average molecular weight is 339 g/mol. The molecule has 1 saturated heterocycles. The maximum absolute atomic E-state index is 12.3. The zero-order valence-electron chi connectivity index (χ0n) is 12.7. The van der Waals surface area contributed by atoms with Crippen LogP contribution in [0.15, 0.2) is 48.7 Å². The lowest BCUT2D eigenvalue weighted by Gasteiger charge is -2.33. The van der Waals surface area contributed by atoms with Crippen molar-refractivity contribution in [1.82, 2.24) is 4.98 Å². The summed E-state index contributed by atoms with van der Waals surface area (Å²) in [4.78, 5) is 4.16. The molecule has 2 aromatic rings. The monoisotopic (exact) mass is 339 g/mol. The molecule has 1 N–H and O–H groups in total. The summed E-state index contributed by atoms with van der Waals surface area (Å²) in [5, 5.41) is 10.8. The van der Waals surface area contributed by atoms with Crippen molar-refractivity contribution in [2.75, 3.05) is 6.61 Å². The number of alkyl halides is 3. The highest BCUT2D eigenvalue weighted by molar-refractivity contribution is 5.34. The molecule has 0 spiro atoms. The zero-order chi connectivity index (χ0) is 17.2. The van der Waals surface area contributed by atoms with Gasteiger partial charge < -0.3 is 14.6 Å². The van der Waals surface area contributed by atoms with E-state index in [9.17, 15) is 18.3 Å². The van der Waals surface area contributed by atoms with Crippen molar-refractivity contribution in [3.8, 4) is 5.75 Å². The van der Waals surface area contributed by atoms with Gasteiger partial charge in [-0.2, -0.15) is 0 Å². The van der Waals surface area contributed by atoms with Crippen molar-refractivity contribution in [2.45, 2.75) is 30.9 Å². The molecule has 128 valence electrons. The Labute approximate surface area is 136 Å². The summed E-state index contributed by atoms with van der Waals surface area (Å²) in [7, 11) is 0. The number of hydrogen-bond donors (Lipinski definition) is 1. The van der Waals surface area contributed by atoms with Gasteiger partial charge >= 0.3 is 6.36 Å². The standard InChI is InChI=1S/C17H16F3NO3/c18-17(19,20)24-13-7-5-12(6-8-13)16(9-3-11-23-16)15(22)14-4-1-2-10-21-14/h1-2,4-8,10,15,22H,3,9,11H2. The predicted molar refractivity (Wildman–Crippen MR) is 79.2 cm³/mol. The Morgan fingerprint density at radius 2 is 1.92 bits per heavy atom. The van der Waals surface area contributed by atoms with Crippen molar-refractivity contribution in [3.05, 3.63) is 59.9 Å². The van der Waals surface area contributed by atoms with Gasteiger partial charge in [-0.15, -0.1) is 13.2 Å². The Morgan fingerprint density at radius 3 is 2.46 bits per heavy atom. The lowest BCUT2D eigenvalue weighted by molar-refractivity contribution is -0.274. The first-order chi connectivity index (χ1) is 11.4. The van der Waals surface area contributed by atoms with E-state index in [0.717, 1.165) is 6.42 Å². The highest BCUT2D eigenvalue weighted by Crippen LogP contribution is 2.45. The molecule has 1 fully saturated rings. The van der Waals surface area contributed by atoms with E-state index in [2.05, 4.69) is 9.72 Å². The van der Waals surface area contributed by atoms with E-state index in [-0.39, 0.29) is 5.75 Å². The van der Waals surface area contributed by atoms with Crippen LogP contribution in [0.25, 0.3) is 0 Å². The molecule has 2 atom stereocenters. The first kappa shape index (κ1) is 16.7. The average Bonchev–Trinajstić information content (AvgIpc) is 3.05. The number of nitrogens with zero attached hydrogens (tertiary/aromatic N) is 1. The quantitative estimate of drug-likeness (QED) is 0.922. The van der Waals surface area contributed by atoms with E-state index in [1.165, 1.54) is 24.3 Å². The van der Waals surface area contributed by atoms with E-state index >= 15 is 0 Å². The third kappa shape index (κ3) is 3.37. The molecule has 0 bridgehead atoms. The van der Waals surface area contributed by atoms with Crippen molar-refractivity contribution in [2.24, 2.45) is 0 Å². The van der Waals surface area contributed by atoms with E-state index < -0.39 is 18.1 Å². The molecule has 0 saturated carbocycles. The maximum Gasteiger partial charge on any atom is 0.573 e. The first-order valence-electron chi connectivity index (χ1n) is 7.50. The second kappa shape index (κ2) is 6.41. The third-order valence-corrected chi connectivity index (χ3v) is 4.04. The topological polar surface area (TPSA) is 51.6 Å². The summed E-state index contributed by atoms with van der Waals surface area (Å²) in [6.07, 6.45) is -2.90. The lowest BCUT2D eigenvalue weighted by atomic mass is 9.84. The highest BCUT2D eigenvalue weighted by atomic mass is 19.4. The van der Waals surface area contributed by atoms with E-state index in [4.69, 9.17) is 4.74 Å². The fourth-order valence-corrected chi connectivity index (χ4v) is 2.98. The van der Waals surface area contributed by atoms with Gasteiger partial charge in [-0.3, -0.25) is 4.98 Å². The predicted octanol–water partition coefficient (Wildman–Crippen LogP) is 3.72. The fourth-order valence-electron chi connectivity index (χ4n) is 2.98. The molecule has 1 aromatic heterocycles. The Hall–Kier alpha value is -2.12. The van der Waals surface area contributed by atoms with Crippen LogP contribution in [0.4, 0.5) is 13.2 Å². The Kier molecular flexibility index (Phi) is 4.47. The van der Waals surface area contributed by atoms with Crippen LogP contribution in [0.3, 0.4) is 0 Å². The van der Waals surface area contributed by atoms with Crippen LogP contribution in [-0.2, 0) is 10.3 Å². The van der Waals surface area contributed by atoms with Crippen LogP contribution in [-0.4, -0.2) is 23.1 Å². The second-order valence-corrected chi connectivity index (χ2v) is 5.57. The van der Waals surface area contributed by atoms with E-state index in [1.54, 1.807) is 24.4 Å². The van der Waals surface area contributed by atoms with Crippen molar-refractivity contribution in [3.63, 3.8) is 0 Å². The molecule has 24 heavy (non-hydrogen) atoms. The van der Waals surface area contributed by atoms with E-state index in [0.29, 0.717) is 24.3 Å². The number of aromatic nitrogens is 1. The number of hydrogen-bond acceptors (Lipinski definition) is 4. The molecule has 0 aliphatic carbocycles. The Bertz CT molecular complexity index is 668. The van der Waals surface area contributed by atoms with Crippen molar-refractivity contribution >= 4 is 0 Å². The lowest BCUT2D eigenvalue weighted by Crippen LogP contribution is -2.33. The van der Waals surface area contributed by atoms with Gasteiger partial charge in [0.1, 0.15) is 17.5 Å². The second-order valence-electron chi connectivity index (χ2n) is 5.57. The molecule has 3 rings (SSSR count). The number of halogens is 3.